The molecule has 0 bridgehead atoms. The van der Waals surface area contributed by atoms with Crippen molar-refractivity contribution in [2.24, 2.45) is 0 Å². The van der Waals surface area contributed by atoms with Crippen LogP contribution < -0.4 is 0 Å². The lowest BCUT2D eigenvalue weighted by atomic mass is 10.1. The molecule has 0 saturated carbocycles. The summed E-state index contributed by atoms with van der Waals surface area (Å²) in [5, 5.41) is 0.707. The van der Waals surface area contributed by atoms with Crippen molar-refractivity contribution in [1.29, 1.82) is 0 Å². The first-order chi connectivity index (χ1) is 6.56. The fourth-order valence-corrected chi connectivity index (χ4v) is 1.39. The van der Waals surface area contributed by atoms with Crippen molar-refractivity contribution in [3.05, 3.63) is 33.8 Å². The maximum Gasteiger partial charge on any atom is 0.338 e. The van der Waals surface area contributed by atoms with E-state index in [0.29, 0.717) is 17.2 Å². The van der Waals surface area contributed by atoms with E-state index in [1.54, 1.807) is 19.1 Å². The molecule has 1 aromatic carbocycles. The highest BCUT2D eigenvalue weighted by atomic mass is 35.5. The van der Waals surface area contributed by atoms with Gasteiger partial charge in [-0.25, -0.2) is 4.79 Å². The van der Waals surface area contributed by atoms with Crippen LogP contribution in [0.2, 0.25) is 5.02 Å². The van der Waals surface area contributed by atoms with Gasteiger partial charge in [0.05, 0.1) is 12.2 Å². The summed E-state index contributed by atoms with van der Waals surface area (Å²) in [5.74, 6) is -0.296. The average Bonchev–Trinajstić information content (AvgIpc) is 2.13. The summed E-state index contributed by atoms with van der Waals surface area (Å²) in [7, 11) is 0. The Morgan fingerprint density at radius 2 is 1.86 bits per heavy atom. The topological polar surface area (TPSA) is 26.3 Å². The molecule has 3 heteroatoms. The summed E-state index contributed by atoms with van der Waals surface area (Å²) < 4.78 is 4.90. The fraction of sp³-hybridized carbons (Fsp3) is 0.364. The normalized spacial score (nSPS) is 10.0. The van der Waals surface area contributed by atoms with E-state index in [-0.39, 0.29) is 5.97 Å². The molecular formula is C11H13ClO2. The van der Waals surface area contributed by atoms with Gasteiger partial charge in [0, 0.05) is 5.02 Å². The van der Waals surface area contributed by atoms with E-state index >= 15 is 0 Å². The molecule has 0 heterocycles. The van der Waals surface area contributed by atoms with Crippen LogP contribution in [0.4, 0.5) is 0 Å². The van der Waals surface area contributed by atoms with E-state index < -0.39 is 0 Å². The number of esters is 1. The third-order valence-corrected chi connectivity index (χ3v) is 2.54. The minimum Gasteiger partial charge on any atom is -0.462 e. The molecule has 0 radical (unpaired) electrons. The second kappa shape index (κ2) is 4.47. The third kappa shape index (κ3) is 2.26. The molecule has 0 aliphatic rings. The van der Waals surface area contributed by atoms with E-state index in [9.17, 15) is 4.79 Å². The van der Waals surface area contributed by atoms with Gasteiger partial charge in [0.25, 0.3) is 0 Å². The number of benzene rings is 1. The van der Waals surface area contributed by atoms with Crippen LogP contribution in [0.3, 0.4) is 0 Å². The van der Waals surface area contributed by atoms with Crippen molar-refractivity contribution in [3.63, 3.8) is 0 Å². The first kappa shape index (κ1) is 11.1. The van der Waals surface area contributed by atoms with E-state index in [1.165, 1.54) is 0 Å². The number of halogens is 1. The lowest BCUT2D eigenvalue weighted by Crippen LogP contribution is -2.05. The van der Waals surface area contributed by atoms with Crippen molar-refractivity contribution in [3.8, 4) is 0 Å². The van der Waals surface area contributed by atoms with Gasteiger partial charge in [-0.2, -0.15) is 0 Å². The minimum atomic E-state index is -0.296. The summed E-state index contributed by atoms with van der Waals surface area (Å²) in [6.45, 7) is 5.92. The lowest BCUT2D eigenvalue weighted by molar-refractivity contribution is 0.0526. The molecule has 0 spiro atoms. The molecule has 0 aliphatic heterocycles. The van der Waals surface area contributed by atoms with Crippen LogP contribution in [0.1, 0.15) is 28.4 Å². The van der Waals surface area contributed by atoms with E-state index in [0.717, 1.165) is 11.1 Å². The van der Waals surface area contributed by atoms with Gasteiger partial charge in [-0.05, 0) is 44.0 Å². The van der Waals surface area contributed by atoms with Crippen molar-refractivity contribution < 1.29 is 9.53 Å². The Morgan fingerprint density at radius 3 is 2.29 bits per heavy atom. The van der Waals surface area contributed by atoms with Crippen LogP contribution in [0, 0.1) is 13.8 Å². The standard InChI is InChI=1S/C11H13ClO2/c1-4-14-11(13)9-5-7(2)10(12)8(3)6-9/h5-6H,4H2,1-3H3. The van der Waals surface area contributed by atoms with Gasteiger partial charge in [-0.1, -0.05) is 11.6 Å². The van der Waals surface area contributed by atoms with Gasteiger partial charge < -0.3 is 4.74 Å². The fourth-order valence-electron chi connectivity index (χ4n) is 1.28. The molecule has 0 N–H and O–H groups in total. The van der Waals surface area contributed by atoms with Crippen molar-refractivity contribution in [1.82, 2.24) is 0 Å². The maximum absolute atomic E-state index is 11.4. The third-order valence-electron chi connectivity index (χ3n) is 1.95. The lowest BCUT2D eigenvalue weighted by Gasteiger charge is -2.06. The summed E-state index contributed by atoms with van der Waals surface area (Å²) in [5.41, 5.74) is 2.36. The predicted octanol–water partition coefficient (Wildman–Crippen LogP) is 3.13. The molecule has 76 valence electrons. The molecule has 0 aliphatic carbocycles. The van der Waals surface area contributed by atoms with E-state index in [2.05, 4.69) is 0 Å². The second-order valence-electron chi connectivity index (χ2n) is 3.14. The Morgan fingerprint density at radius 1 is 1.36 bits per heavy atom. The number of hydrogen-bond acceptors (Lipinski definition) is 2. The van der Waals surface area contributed by atoms with Gasteiger partial charge in [0.15, 0.2) is 0 Å². The molecule has 1 aromatic rings. The average molecular weight is 213 g/mol. The van der Waals surface area contributed by atoms with Gasteiger partial charge >= 0.3 is 5.97 Å². The SMILES string of the molecule is CCOC(=O)c1cc(C)c(Cl)c(C)c1. The Labute approximate surface area is 88.8 Å². The zero-order valence-corrected chi connectivity index (χ0v) is 9.31. The highest BCUT2D eigenvalue weighted by Gasteiger charge is 2.09. The molecular weight excluding hydrogens is 200 g/mol. The molecule has 0 atom stereocenters. The van der Waals surface area contributed by atoms with Crippen LogP contribution in [0.15, 0.2) is 12.1 Å². The zero-order chi connectivity index (χ0) is 10.7. The summed E-state index contributed by atoms with van der Waals surface area (Å²) in [4.78, 5) is 11.4. The number of rotatable bonds is 2. The molecule has 0 unspecified atom stereocenters. The number of hydrogen-bond donors (Lipinski definition) is 0. The molecule has 0 amide bonds. The van der Waals surface area contributed by atoms with Gasteiger partial charge in [0.1, 0.15) is 0 Å². The summed E-state index contributed by atoms with van der Waals surface area (Å²) in [6.07, 6.45) is 0. The smallest absolute Gasteiger partial charge is 0.338 e. The Balaban J connectivity index is 3.06. The van der Waals surface area contributed by atoms with Crippen LogP contribution in [0.5, 0.6) is 0 Å². The van der Waals surface area contributed by atoms with Gasteiger partial charge in [-0.15, -0.1) is 0 Å². The second-order valence-corrected chi connectivity index (χ2v) is 3.52. The Kier molecular flexibility index (Phi) is 3.53. The molecule has 2 nitrogen and oxygen atoms in total. The molecule has 0 fully saturated rings. The van der Waals surface area contributed by atoms with Crippen LogP contribution in [-0.4, -0.2) is 12.6 Å². The first-order valence-corrected chi connectivity index (χ1v) is 4.88. The monoisotopic (exact) mass is 212 g/mol. The highest BCUT2D eigenvalue weighted by molar-refractivity contribution is 6.32. The number of carbonyl (C=O) groups excluding carboxylic acids is 1. The van der Waals surface area contributed by atoms with Gasteiger partial charge in [0.2, 0.25) is 0 Å². The van der Waals surface area contributed by atoms with Gasteiger partial charge in [-0.3, -0.25) is 0 Å². The summed E-state index contributed by atoms with van der Waals surface area (Å²) >= 11 is 5.98. The summed E-state index contributed by atoms with van der Waals surface area (Å²) in [6, 6.07) is 3.49. The number of ether oxygens (including phenoxy) is 1. The first-order valence-electron chi connectivity index (χ1n) is 4.50. The van der Waals surface area contributed by atoms with Crippen LogP contribution >= 0.6 is 11.6 Å². The minimum absolute atomic E-state index is 0.296. The largest absolute Gasteiger partial charge is 0.462 e. The number of aryl methyl sites for hydroxylation is 2. The van der Waals surface area contributed by atoms with E-state index in [4.69, 9.17) is 16.3 Å². The quantitative estimate of drug-likeness (QED) is 0.704. The Bertz CT molecular complexity index is 335. The molecule has 0 aromatic heterocycles. The molecule has 14 heavy (non-hydrogen) atoms. The molecule has 0 saturated heterocycles. The van der Waals surface area contributed by atoms with Crippen molar-refractivity contribution in [2.75, 3.05) is 6.61 Å². The van der Waals surface area contributed by atoms with Crippen molar-refractivity contribution >= 4 is 17.6 Å². The van der Waals surface area contributed by atoms with Crippen LogP contribution in [0.25, 0.3) is 0 Å². The molecule has 1 rings (SSSR count). The zero-order valence-electron chi connectivity index (χ0n) is 8.56. The maximum atomic E-state index is 11.4. The van der Waals surface area contributed by atoms with Crippen molar-refractivity contribution in [2.45, 2.75) is 20.8 Å². The number of carbonyl (C=O) groups is 1. The highest BCUT2D eigenvalue weighted by Crippen LogP contribution is 2.22. The van der Waals surface area contributed by atoms with Crippen LogP contribution in [-0.2, 0) is 4.74 Å². The predicted molar refractivity (Wildman–Crippen MR) is 56.9 cm³/mol. The Hall–Kier alpha value is -1.02. The van der Waals surface area contributed by atoms with E-state index in [1.807, 2.05) is 13.8 Å².